The average molecular weight is 248 g/mol. The van der Waals surface area contributed by atoms with Gasteiger partial charge < -0.3 is 10.2 Å². The van der Waals surface area contributed by atoms with Crippen molar-refractivity contribution in [2.75, 3.05) is 24.3 Å². The molecule has 5 heteroatoms. The van der Waals surface area contributed by atoms with Crippen molar-refractivity contribution in [3.63, 3.8) is 0 Å². The number of anilines is 2. The van der Waals surface area contributed by atoms with Crippen LogP contribution >= 0.6 is 11.3 Å². The molecule has 0 saturated carbocycles. The maximum absolute atomic E-state index is 4.36. The van der Waals surface area contributed by atoms with Gasteiger partial charge in [0.2, 0.25) is 0 Å². The first kappa shape index (κ1) is 11.9. The lowest BCUT2D eigenvalue weighted by Crippen LogP contribution is -2.11. The van der Waals surface area contributed by atoms with Crippen LogP contribution in [-0.2, 0) is 0 Å². The van der Waals surface area contributed by atoms with Gasteiger partial charge in [-0.1, -0.05) is 0 Å². The number of nitrogens with zero attached hydrogens (tertiary/aromatic N) is 3. The molecule has 2 rings (SSSR count). The van der Waals surface area contributed by atoms with E-state index in [2.05, 4.69) is 22.2 Å². The van der Waals surface area contributed by atoms with Crippen LogP contribution in [0.1, 0.15) is 17.8 Å². The fourth-order valence-electron chi connectivity index (χ4n) is 1.50. The van der Waals surface area contributed by atoms with Gasteiger partial charge in [-0.25, -0.2) is 4.98 Å². The topological polar surface area (TPSA) is 41.0 Å². The predicted molar refractivity (Wildman–Crippen MR) is 72.7 cm³/mol. The van der Waals surface area contributed by atoms with E-state index >= 15 is 0 Å². The van der Waals surface area contributed by atoms with Gasteiger partial charge in [0, 0.05) is 25.2 Å². The molecule has 90 valence electrons. The minimum absolute atomic E-state index is 0.259. The lowest BCUT2D eigenvalue weighted by molar-refractivity contribution is 0.900. The molecular formula is C12H16N4S. The molecule has 1 atom stereocenters. The highest BCUT2D eigenvalue weighted by Crippen LogP contribution is 2.22. The van der Waals surface area contributed by atoms with E-state index in [-0.39, 0.29) is 6.04 Å². The first-order valence-corrected chi connectivity index (χ1v) is 6.33. The van der Waals surface area contributed by atoms with Crippen LogP contribution in [0.5, 0.6) is 0 Å². The molecule has 1 unspecified atom stereocenters. The minimum atomic E-state index is 0.259. The van der Waals surface area contributed by atoms with E-state index in [9.17, 15) is 0 Å². The Kier molecular flexibility index (Phi) is 3.58. The molecular weight excluding hydrogens is 232 g/mol. The Hall–Kier alpha value is -1.62. The summed E-state index contributed by atoms with van der Waals surface area (Å²) in [6.45, 7) is 2.12. The number of nitrogens with one attached hydrogen (secondary N) is 1. The zero-order chi connectivity index (χ0) is 12.3. The molecule has 0 aliphatic heterocycles. The van der Waals surface area contributed by atoms with Crippen LogP contribution < -0.4 is 10.2 Å². The van der Waals surface area contributed by atoms with Gasteiger partial charge in [-0.05, 0) is 19.1 Å². The highest BCUT2D eigenvalue weighted by Gasteiger charge is 2.07. The van der Waals surface area contributed by atoms with Gasteiger partial charge in [-0.15, -0.1) is 11.3 Å². The third-order valence-electron chi connectivity index (χ3n) is 2.47. The minimum Gasteiger partial charge on any atom is -0.376 e. The highest BCUT2D eigenvalue weighted by molar-refractivity contribution is 7.09. The monoisotopic (exact) mass is 248 g/mol. The molecule has 0 aliphatic carbocycles. The molecule has 0 amide bonds. The number of hydrogen-bond donors (Lipinski definition) is 1. The average Bonchev–Trinajstić information content (AvgIpc) is 2.83. The molecule has 0 radical (unpaired) electrons. The molecule has 2 aromatic heterocycles. The van der Waals surface area contributed by atoms with E-state index in [0.717, 1.165) is 11.5 Å². The quantitative estimate of drug-likeness (QED) is 0.903. The smallest absolute Gasteiger partial charge is 0.128 e. The fraction of sp³-hybridized carbons (Fsp3) is 0.333. The van der Waals surface area contributed by atoms with Gasteiger partial charge in [0.1, 0.15) is 5.82 Å². The van der Waals surface area contributed by atoms with Gasteiger partial charge in [-0.3, -0.25) is 4.98 Å². The van der Waals surface area contributed by atoms with Crippen molar-refractivity contribution < 1.29 is 0 Å². The van der Waals surface area contributed by atoms with Crippen molar-refractivity contribution in [3.05, 3.63) is 34.9 Å². The van der Waals surface area contributed by atoms with Crippen LogP contribution in [0.2, 0.25) is 0 Å². The van der Waals surface area contributed by atoms with Gasteiger partial charge in [0.25, 0.3) is 0 Å². The van der Waals surface area contributed by atoms with Crippen LogP contribution in [0.3, 0.4) is 0 Å². The van der Waals surface area contributed by atoms with E-state index in [1.807, 2.05) is 49.0 Å². The van der Waals surface area contributed by atoms with E-state index in [0.29, 0.717) is 0 Å². The van der Waals surface area contributed by atoms with E-state index < -0.39 is 0 Å². The second-order valence-corrected chi connectivity index (χ2v) is 4.99. The molecule has 1 N–H and O–H groups in total. The molecule has 0 aliphatic rings. The molecule has 0 fully saturated rings. The summed E-state index contributed by atoms with van der Waals surface area (Å²) < 4.78 is 0. The Morgan fingerprint density at radius 1 is 1.29 bits per heavy atom. The maximum Gasteiger partial charge on any atom is 0.128 e. The Labute approximate surface area is 105 Å². The lowest BCUT2D eigenvalue weighted by Gasteiger charge is -2.15. The van der Waals surface area contributed by atoms with Gasteiger partial charge in [-0.2, -0.15) is 0 Å². The first-order chi connectivity index (χ1) is 8.16. The number of rotatable bonds is 4. The number of pyridine rings is 1. The molecule has 4 nitrogen and oxygen atoms in total. The molecule has 0 aromatic carbocycles. The third-order valence-corrected chi connectivity index (χ3v) is 3.43. The second kappa shape index (κ2) is 5.14. The van der Waals surface area contributed by atoms with Crippen molar-refractivity contribution in [2.45, 2.75) is 13.0 Å². The van der Waals surface area contributed by atoms with Crippen LogP contribution in [0, 0.1) is 0 Å². The van der Waals surface area contributed by atoms with Gasteiger partial charge in [0.15, 0.2) is 0 Å². The lowest BCUT2D eigenvalue weighted by atomic mass is 10.3. The Balaban J connectivity index is 2.04. The van der Waals surface area contributed by atoms with Crippen molar-refractivity contribution in [1.82, 2.24) is 9.97 Å². The van der Waals surface area contributed by atoms with Crippen LogP contribution in [0.25, 0.3) is 0 Å². The van der Waals surface area contributed by atoms with E-state index in [4.69, 9.17) is 0 Å². The third kappa shape index (κ3) is 2.94. The summed E-state index contributed by atoms with van der Waals surface area (Å²) in [5.41, 5.74) is 2.87. The summed E-state index contributed by atoms with van der Waals surface area (Å²) in [5, 5.41) is 3.40. The fourth-order valence-corrected chi connectivity index (χ4v) is 2.12. The Bertz CT molecular complexity index is 450. The van der Waals surface area contributed by atoms with Gasteiger partial charge in [0.05, 0.1) is 23.4 Å². The normalized spacial score (nSPS) is 12.2. The largest absolute Gasteiger partial charge is 0.376 e. The highest BCUT2D eigenvalue weighted by atomic mass is 32.1. The molecule has 0 saturated heterocycles. The summed E-state index contributed by atoms with van der Waals surface area (Å²) in [5.74, 6) is 0.959. The van der Waals surface area contributed by atoms with Crippen molar-refractivity contribution in [1.29, 1.82) is 0 Å². The van der Waals surface area contributed by atoms with Crippen molar-refractivity contribution in [3.8, 4) is 0 Å². The second-order valence-electron chi connectivity index (χ2n) is 4.07. The maximum atomic E-state index is 4.36. The number of thiazole rings is 1. The summed E-state index contributed by atoms with van der Waals surface area (Å²) in [7, 11) is 3.96. The summed E-state index contributed by atoms with van der Waals surface area (Å²) in [6, 6.07) is 4.30. The number of hydrogen-bond acceptors (Lipinski definition) is 5. The standard InChI is InChI=1S/C12H16N4S/c1-9(11-7-13-8-17-11)15-10-4-5-12(14-6-10)16(2)3/h4-9,15H,1-3H3. The Morgan fingerprint density at radius 3 is 2.65 bits per heavy atom. The van der Waals surface area contributed by atoms with Crippen LogP contribution in [0.4, 0.5) is 11.5 Å². The Morgan fingerprint density at radius 2 is 2.12 bits per heavy atom. The zero-order valence-electron chi connectivity index (χ0n) is 10.2. The molecule has 2 aromatic rings. The first-order valence-electron chi connectivity index (χ1n) is 5.45. The van der Waals surface area contributed by atoms with Crippen LogP contribution in [-0.4, -0.2) is 24.1 Å². The number of aromatic nitrogens is 2. The molecule has 0 spiro atoms. The summed E-state index contributed by atoms with van der Waals surface area (Å²) in [4.78, 5) is 11.6. The predicted octanol–water partition coefficient (Wildman–Crippen LogP) is 2.78. The van der Waals surface area contributed by atoms with E-state index in [1.54, 1.807) is 11.3 Å². The molecule has 0 bridgehead atoms. The molecule has 2 heterocycles. The van der Waals surface area contributed by atoms with Crippen LogP contribution in [0.15, 0.2) is 30.0 Å². The summed E-state index contributed by atoms with van der Waals surface area (Å²) in [6.07, 6.45) is 3.75. The van der Waals surface area contributed by atoms with Crippen molar-refractivity contribution in [2.24, 2.45) is 0 Å². The molecule has 17 heavy (non-hydrogen) atoms. The zero-order valence-corrected chi connectivity index (χ0v) is 11.0. The van der Waals surface area contributed by atoms with Gasteiger partial charge >= 0.3 is 0 Å². The van der Waals surface area contributed by atoms with E-state index in [1.165, 1.54) is 4.88 Å². The van der Waals surface area contributed by atoms with Crippen molar-refractivity contribution >= 4 is 22.8 Å². The summed E-state index contributed by atoms with van der Waals surface area (Å²) >= 11 is 1.66. The SMILES string of the molecule is CC(Nc1ccc(N(C)C)nc1)c1cncs1.